The Morgan fingerprint density at radius 3 is 2.56 bits per heavy atom. The molecule has 0 fully saturated rings. The summed E-state index contributed by atoms with van der Waals surface area (Å²) in [6, 6.07) is 13.7. The number of benzene rings is 2. The minimum Gasteiger partial charge on any atom is -0.423 e. The number of fused-ring (bicyclic) bond motifs is 2. The zero-order chi connectivity index (χ0) is 17.4. The smallest absolute Gasteiger partial charge is 0.336 e. The molecule has 4 rings (SSSR count). The van der Waals surface area contributed by atoms with Crippen LogP contribution < -0.4 is 5.63 Å². The van der Waals surface area contributed by atoms with Gasteiger partial charge in [0.15, 0.2) is 0 Å². The summed E-state index contributed by atoms with van der Waals surface area (Å²) in [5.74, 6) is 0. The van der Waals surface area contributed by atoms with Gasteiger partial charge in [-0.2, -0.15) is 0 Å². The van der Waals surface area contributed by atoms with E-state index in [2.05, 4.69) is 17.0 Å². The van der Waals surface area contributed by atoms with Gasteiger partial charge in [0.2, 0.25) is 0 Å². The number of nitrogens with zero attached hydrogens (tertiary/aromatic N) is 1. The van der Waals surface area contributed by atoms with Gasteiger partial charge in [0.05, 0.1) is 0 Å². The summed E-state index contributed by atoms with van der Waals surface area (Å²) in [5, 5.41) is 1.82. The molecule has 0 N–H and O–H groups in total. The van der Waals surface area contributed by atoms with E-state index in [1.54, 1.807) is 6.07 Å². The Labute approximate surface area is 151 Å². The van der Waals surface area contributed by atoms with Crippen molar-refractivity contribution in [3.63, 3.8) is 0 Å². The van der Waals surface area contributed by atoms with Crippen molar-refractivity contribution in [2.45, 2.75) is 32.4 Å². The second kappa shape index (κ2) is 6.66. The number of hydrogen-bond donors (Lipinski definition) is 0. The van der Waals surface area contributed by atoms with Crippen molar-refractivity contribution >= 4 is 22.6 Å². The molecule has 4 heteroatoms. The fourth-order valence-corrected chi connectivity index (χ4v) is 3.89. The van der Waals surface area contributed by atoms with Crippen molar-refractivity contribution in [2.75, 3.05) is 7.05 Å². The zero-order valence-corrected chi connectivity index (χ0v) is 15.0. The first-order valence-electron chi connectivity index (χ1n) is 8.60. The number of aryl methyl sites for hydroxylation is 2. The maximum absolute atomic E-state index is 12.0. The quantitative estimate of drug-likeness (QED) is 0.644. The summed E-state index contributed by atoms with van der Waals surface area (Å²) in [6.45, 7) is 1.40. The second-order valence-corrected chi connectivity index (χ2v) is 7.23. The molecule has 0 saturated carbocycles. The van der Waals surface area contributed by atoms with E-state index in [-0.39, 0.29) is 5.63 Å². The SMILES string of the molecule is CN(Cc1ccccc1Cl)Cc1cc(=O)oc2cc3c(cc12)CCC3. The lowest BCUT2D eigenvalue weighted by Crippen LogP contribution is -2.18. The topological polar surface area (TPSA) is 33.5 Å². The minimum atomic E-state index is -0.286. The highest BCUT2D eigenvalue weighted by molar-refractivity contribution is 6.31. The fourth-order valence-electron chi connectivity index (χ4n) is 3.69. The zero-order valence-electron chi connectivity index (χ0n) is 14.2. The van der Waals surface area contributed by atoms with E-state index in [0.717, 1.165) is 40.9 Å². The third kappa shape index (κ3) is 3.35. The lowest BCUT2D eigenvalue weighted by atomic mass is 10.0. The van der Waals surface area contributed by atoms with Gasteiger partial charge in [-0.05, 0) is 66.8 Å². The summed E-state index contributed by atoms with van der Waals surface area (Å²) in [4.78, 5) is 14.2. The van der Waals surface area contributed by atoms with Gasteiger partial charge in [-0.1, -0.05) is 29.8 Å². The van der Waals surface area contributed by atoms with E-state index >= 15 is 0 Å². The van der Waals surface area contributed by atoms with Gasteiger partial charge < -0.3 is 4.42 Å². The molecule has 0 atom stereocenters. The number of rotatable bonds is 4. The first-order valence-corrected chi connectivity index (χ1v) is 8.98. The van der Waals surface area contributed by atoms with Crippen LogP contribution in [0, 0.1) is 0 Å². The van der Waals surface area contributed by atoms with E-state index < -0.39 is 0 Å². The predicted molar refractivity (Wildman–Crippen MR) is 101 cm³/mol. The van der Waals surface area contributed by atoms with Gasteiger partial charge in [0.25, 0.3) is 0 Å². The Balaban J connectivity index is 1.66. The van der Waals surface area contributed by atoms with Crippen molar-refractivity contribution in [1.82, 2.24) is 4.90 Å². The van der Waals surface area contributed by atoms with Crippen LogP contribution in [0.25, 0.3) is 11.0 Å². The normalized spacial score (nSPS) is 13.6. The largest absolute Gasteiger partial charge is 0.423 e. The molecule has 2 aromatic carbocycles. The highest BCUT2D eigenvalue weighted by Gasteiger charge is 2.16. The van der Waals surface area contributed by atoms with Crippen LogP contribution in [0.2, 0.25) is 5.02 Å². The maximum Gasteiger partial charge on any atom is 0.336 e. The number of halogens is 1. The van der Waals surface area contributed by atoms with E-state index in [4.69, 9.17) is 16.0 Å². The van der Waals surface area contributed by atoms with E-state index in [9.17, 15) is 4.79 Å². The van der Waals surface area contributed by atoms with Gasteiger partial charge in [-0.15, -0.1) is 0 Å². The molecular weight excluding hydrogens is 334 g/mol. The lowest BCUT2D eigenvalue weighted by Gasteiger charge is -2.18. The van der Waals surface area contributed by atoms with Gasteiger partial charge in [-0.3, -0.25) is 4.90 Å². The Kier molecular flexibility index (Phi) is 4.36. The molecule has 0 unspecified atom stereocenters. The molecule has 3 aromatic rings. The van der Waals surface area contributed by atoms with E-state index in [0.29, 0.717) is 12.1 Å². The van der Waals surface area contributed by atoms with E-state index in [1.807, 2.05) is 31.3 Å². The van der Waals surface area contributed by atoms with Crippen LogP contribution >= 0.6 is 11.6 Å². The average Bonchev–Trinajstić information content (AvgIpc) is 3.02. The van der Waals surface area contributed by atoms with Crippen LogP contribution in [0.4, 0.5) is 0 Å². The number of hydrogen-bond acceptors (Lipinski definition) is 3. The van der Waals surface area contributed by atoms with Crippen LogP contribution in [0.3, 0.4) is 0 Å². The van der Waals surface area contributed by atoms with Crippen LogP contribution in [0.1, 0.15) is 28.7 Å². The molecule has 0 saturated heterocycles. The molecule has 0 spiro atoms. The lowest BCUT2D eigenvalue weighted by molar-refractivity contribution is 0.319. The molecule has 1 heterocycles. The summed E-state index contributed by atoms with van der Waals surface area (Å²) in [5.41, 5.74) is 5.21. The summed E-state index contributed by atoms with van der Waals surface area (Å²) >= 11 is 6.26. The molecule has 0 bridgehead atoms. The molecule has 128 valence electrons. The molecule has 0 amide bonds. The molecule has 0 aliphatic heterocycles. The van der Waals surface area contributed by atoms with Crippen molar-refractivity contribution < 1.29 is 4.42 Å². The molecule has 25 heavy (non-hydrogen) atoms. The van der Waals surface area contributed by atoms with Gasteiger partial charge in [0.1, 0.15) is 5.58 Å². The first kappa shape index (κ1) is 16.4. The molecule has 1 aliphatic carbocycles. The monoisotopic (exact) mass is 353 g/mol. The summed E-state index contributed by atoms with van der Waals surface area (Å²) < 4.78 is 5.45. The molecular formula is C21H20ClNO2. The Morgan fingerprint density at radius 1 is 1.04 bits per heavy atom. The average molecular weight is 354 g/mol. The molecule has 0 radical (unpaired) electrons. The molecule has 1 aromatic heterocycles. The van der Waals surface area contributed by atoms with Crippen molar-refractivity contribution in [2.24, 2.45) is 0 Å². The molecule has 3 nitrogen and oxygen atoms in total. The van der Waals surface area contributed by atoms with Crippen LogP contribution in [0.15, 0.2) is 51.7 Å². The van der Waals surface area contributed by atoms with Gasteiger partial charge in [-0.25, -0.2) is 4.79 Å². The van der Waals surface area contributed by atoms with Gasteiger partial charge in [0, 0.05) is 29.6 Å². The third-order valence-corrected chi connectivity index (χ3v) is 5.25. The maximum atomic E-state index is 12.0. The summed E-state index contributed by atoms with van der Waals surface area (Å²) in [7, 11) is 2.04. The van der Waals surface area contributed by atoms with Crippen LogP contribution in [-0.2, 0) is 25.9 Å². The fraction of sp³-hybridized carbons (Fsp3) is 0.286. The van der Waals surface area contributed by atoms with Crippen molar-refractivity contribution in [1.29, 1.82) is 0 Å². The first-order chi connectivity index (χ1) is 12.1. The Morgan fingerprint density at radius 2 is 1.76 bits per heavy atom. The predicted octanol–water partition coefficient (Wildman–Crippen LogP) is 4.57. The van der Waals surface area contributed by atoms with Crippen molar-refractivity contribution in [3.8, 4) is 0 Å². The van der Waals surface area contributed by atoms with Crippen LogP contribution in [0.5, 0.6) is 0 Å². The molecule has 1 aliphatic rings. The highest BCUT2D eigenvalue weighted by atomic mass is 35.5. The highest BCUT2D eigenvalue weighted by Crippen LogP contribution is 2.29. The Hall–Kier alpha value is -2.10. The van der Waals surface area contributed by atoms with Crippen molar-refractivity contribution in [3.05, 3.63) is 80.2 Å². The van der Waals surface area contributed by atoms with E-state index in [1.165, 1.54) is 17.5 Å². The third-order valence-electron chi connectivity index (χ3n) is 4.88. The Bertz CT molecular complexity index is 993. The second-order valence-electron chi connectivity index (χ2n) is 6.83. The van der Waals surface area contributed by atoms with Crippen LogP contribution in [-0.4, -0.2) is 11.9 Å². The standard InChI is InChI=1S/C21H20ClNO2/c1-23(12-16-5-2-3-8-19(16)22)13-17-11-21(24)25-20-10-15-7-4-6-14(15)9-18(17)20/h2-3,5,8-11H,4,6-7,12-13H2,1H3. The summed E-state index contributed by atoms with van der Waals surface area (Å²) in [6.07, 6.45) is 3.36. The minimum absolute atomic E-state index is 0.286. The van der Waals surface area contributed by atoms with Gasteiger partial charge >= 0.3 is 5.63 Å².